The Balaban J connectivity index is 1.61. The molecule has 0 aliphatic carbocycles. The molecule has 0 unspecified atom stereocenters. The predicted octanol–water partition coefficient (Wildman–Crippen LogP) is 3.45. The lowest BCUT2D eigenvalue weighted by Crippen LogP contribution is -2.31. The Hall–Kier alpha value is -3.88. The number of halogens is 3. The van der Waals surface area contributed by atoms with Gasteiger partial charge in [-0.15, -0.1) is 0 Å². The number of hydrogen-bond donors (Lipinski definition) is 1. The third-order valence-electron chi connectivity index (χ3n) is 4.81. The Labute approximate surface area is 173 Å². The normalized spacial score (nSPS) is 13.8. The zero-order chi connectivity index (χ0) is 22.2. The molecule has 1 amide bonds. The van der Waals surface area contributed by atoms with Gasteiger partial charge in [0.25, 0.3) is 11.7 Å². The topological polar surface area (TPSA) is 77.4 Å². The van der Waals surface area contributed by atoms with Crippen LogP contribution >= 0.6 is 0 Å². The minimum atomic E-state index is -4.42. The van der Waals surface area contributed by atoms with Gasteiger partial charge in [-0.25, -0.2) is 4.79 Å². The van der Waals surface area contributed by atoms with E-state index in [-0.39, 0.29) is 24.4 Å². The van der Waals surface area contributed by atoms with Crippen LogP contribution < -0.4 is 5.32 Å². The van der Waals surface area contributed by atoms with Crippen molar-refractivity contribution in [2.45, 2.75) is 12.7 Å². The highest BCUT2D eigenvalue weighted by Gasteiger charge is 2.30. The first-order chi connectivity index (χ1) is 14.7. The Kier molecular flexibility index (Phi) is 5.10. The molecule has 0 atom stereocenters. The number of aromatic nitrogens is 1. The van der Waals surface area contributed by atoms with Crippen molar-refractivity contribution in [2.75, 3.05) is 6.61 Å². The zero-order valence-corrected chi connectivity index (χ0v) is 15.9. The number of amides is 1. The van der Waals surface area contributed by atoms with Crippen LogP contribution in [0.15, 0.2) is 66.5 Å². The molecule has 0 bridgehead atoms. The van der Waals surface area contributed by atoms with Gasteiger partial charge in [-0.3, -0.25) is 9.59 Å². The number of ether oxygens (including phenoxy) is 1. The van der Waals surface area contributed by atoms with Crippen LogP contribution in [0.2, 0.25) is 0 Å². The fourth-order valence-electron chi connectivity index (χ4n) is 3.33. The molecular formula is C22H15F3N2O4. The van der Waals surface area contributed by atoms with E-state index in [0.29, 0.717) is 16.5 Å². The molecule has 3 aromatic rings. The second-order valence-electron chi connectivity index (χ2n) is 6.94. The average Bonchev–Trinajstić information content (AvgIpc) is 3.31. The summed E-state index contributed by atoms with van der Waals surface area (Å²) in [6.07, 6.45) is -1.83. The van der Waals surface area contributed by atoms with Crippen LogP contribution in [0.1, 0.15) is 21.5 Å². The maximum atomic E-state index is 12.8. The van der Waals surface area contributed by atoms with Crippen LogP contribution in [0.3, 0.4) is 0 Å². The number of cyclic esters (lactones) is 1. The summed E-state index contributed by atoms with van der Waals surface area (Å²) in [6.45, 7) is 0.0918. The third kappa shape index (κ3) is 4.20. The number of fused-ring (bicyclic) bond motifs is 1. The maximum Gasteiger partial charge on any atom is 0.416 e. The largest absolute Gasteiger partial charge is 0.456 e. The van der Waals surface area contributed by atoms with E-state index in [1.807, 2.05) is 0 Å². The Morgan fingerprint density at radius 1 is 1.06 bits per heavy atom. The zero-order valence-electron chi connectivity index (χ0n) is 15.9. The number of nitrogens with zero attached hydrogens (tertiary/aromatic N) is 1. The summed E-state index contributed by atoms with van der Waals surface area (Å²) >= 11 is 0. The Morgan fingerprint density at radius 2 is 1.77 bits per heavy atom. The molecule has 31 heavy (non-hydrogen) atoms. The second-order valence-corrected chi connectivity index (χ2v) is 6.94. The van der Waals surface area contributed by atoms with E-state index in [2.05, 4.69) is 10.1 Å². The third-order valence-corrected chi connectivity index (χ3v) is 4.81. The van der Waals surface area contributed by atoms with Gasteiger partial charge in [0.05, 0.1) is 16.8 Å². The van der Waals surface area contributed by atoms with E-state index >= 15 is 0 Å². The summed E-state index contributed by atoms with van der Waals surface area (Å²) in [6, 6.07) is 11.6. The van der Waals surface area contributed by atoms with E-state index in [1.54, 1.807) is 28.8 Å². The van der Waals surface area contributed by atoms with Gasteiger partial charge in [-0.1, -0.05) is 30.3 Å². The lowest BCUT2D eigenvalue weighted by atomic mass is 10.1. The van der Waals surface area contributed by atoms with Gasteiger partial charge in [0.1, 0.15) is 6.61 Å². The average molecular weight is 428 g/mol. The van der Waals surface area contributed by atoms with E-state index in [0.717, 1.165) is 18.2 Å². The van der Waals surface area contributed by atoms with E-state index in [1.165, 1.54) is 18.3 Å². The number of rotatable bonds is 5. The first-order valence-corrected chi connectivity index (χ1v) is 9.19. The van der Waals surface area contributed by atoms with Gasteiger partial charge in [-0.2, -0.15) is 13.2 Å². The number of alkyl halides is 3. The molecule has 4 rings (SSSR count). The van der Waals surface area contributed by atoms with E-state index in [4.69, 9.17) is 0 Å². The van der Waals surface area contributed by atoms with Crippen LogP contribution in [0.4, 0.5) is 13.2 Å². The molecule has 1 aromatic heterocycles. The van der Waals surface area contributed by atoms with Crippen molar-refractivity contribution >= 4 is 28.6 Å². The summed E-state index contributed by atoms with van der Waals surface area (Å²) in [7, 11) is 0. The van der Waals surface area contributed by atoms with Crippen LogP contribution in [0, 0.1) is 0 Å². The summed E-state index contributed by atoms with van der Waals surface area (Å²) < 4.78 is 44.7. The molecule has 1 aliphatic rings. The first-order valence-electron chi connectivity index (χ1n) is 9.19. The van der Waals surface area contributed by atoms with Crippen LogP contribution in [-0.4, -0.2) is 28.8 Å². The van der Waals surface area contributed by atoms with Gasteiger partial charge in [-0.05, 0) is 23.8 Å². The molecule has 1 N–H and O–H groups in total. The monoisotopic (exact) mass is 428 g/mol. The lowest BCUT2D eigenvalue weighted by Gasteiger charge is -2.09. The number of ketones is 1. The molecule has 6 nitrogen and oxygen atoms in total. The number of carbonyl (C=O) groups excluding carboxylic acids is 3. The number of Topliss-reactive ketones (excluding diaryl/α,β-unsaturated/α-hetero) is 1. The molecule has 9 heteroatoms. The predicted molar refractivity (Wildman–Crippen MR) is 104 cm³/mol. The number of para-hydroxylation sites is 1. The van der Waals surface area contributed by atoms with Crippen LogP contribution in [0.5, 0.6) is 0 Å². The van der Waals surface area contributed by atoms with Gasteiger partial charge >= 0.3 is 12.1 Å². The van der Waals surface area contributed by atoms with Crippen molar-refractivity contribution in [3.63, 3.8) is 0 Å². The summed E-state index contributed by atoms with van der Waals surface area (Å²) in [5, 5.41) is 2.89. The SMILES string of the molecule is O=C1C=C(NC(=O)C(=O)c2cn(Cc3ccc(C(F)(F)F)cc3)c3ccccc23)CO1. The van der Waals surface area contributed by atoms with E-state index in [9.17, 15) is 27.6 Å². The highest BCUT2D eigenvalue weighted by Crippen LogP contribution is 2.29. The first kappa shape index (κ1) is 20.4. The fourth-order valence-corrected chi connectivity index (χ4v) is 3.33. The maximum absolute atomic E-state index is 12.8. The number of esters is 1. The smallest absolute Gasteiger partial charge is 0.416 e. The van der Waals surface area contributed by atoms with Crippen molar-refractivity contribution in [2.24, 2.45) is 0 Å². The summed E-state index contributed by atoms with van der Waals surface area (Å²) in [5.41, 5.74) is 0.841. The lowest BCUT2D eigenvalue weighted by molar-refractivity contribution is -0.137. The molecule has 0 spiro atoms. The molecule has 2 aromatic carbocycles. The Bertz CT molecular complexity index is 1220. The minimum absolute atomic E-state index is 0.118. The molecule has 1 aliphatic heterocycles. The minimum Gasteiger partial charge on any atom is -0.456 e. The van der Waals surface area contributed by atoms with Gasteiger partial charge in [0, 0.05) is 29.7 Å². The quantitative estimate of drug-likeness (QED) is 0.384. The molecule has 0 radical (unpaired) electrons. The van der Waals surface area contributed by atoms with Crippen molar-refractivity contribution in [1.29, 1.82) is 0 Å². The van der Waals surface area contributed by atoms with Gasteiger partial charge in [0.15, 0.2) is 0 Å². The molecular weight excluding hydrogens is 413 g/mol. The molecule has 158 valence electrons. The summed E-state index contributed by atoms with van der Waals surface area (Å²) in [4.78, 5) is 36.2. The van der Waals surface area contributed by atoms with Crippen LogP contribution in [0.25, 0.3) is 10.9 Å². The van der Waals surface area contributed by atoms with Crippen molar-refractivity contribution in [3.05, 3.63) is 83.2 Å². The number of hydrogen-bond acceptors (Lipinski definition) is 4. The van der Waals surface area contributed by atoms with Crippen LogP contribution in [-0.2, 0) is 27.0 Å². The molecule has 0 saturated heterocycles. The fraction of sp³-hybridized carbons (Fsp3) is 0.136. The second kappa shape index (κ2) is 7.75. The van der Waals surface area contributed by atoms with Crippen molar-refractivity contribution in [1.82, 2.24) is 9.88 Å². The Morgan fingerprint density at radius 3 is 2.42 bits per heavy atom. The number of benzene rings is 2. The van der Waals surface area contributed by atoms with Crippen molar-refractivity contribution < 1.29 is 32.3 Å². The molecule has 0 saturated carbocycles. The van der Waals surface area contributed by atoms with Gasteiger partial charge < -0.3 is 14.6 Å². The molecule has 2 heterocycles. The van der Waals surface area contributed by atoms with E-state index < -0.39 is 29.4 Å². The number of carbonyl (C=O) groups is 3. The van der Waals surface area contributed by atoms with Crippen molar-refractivity contribution in [3.8, 4) is 0 Å². The summed E-state index contributed by atoms with van der Waals surface area (Å²) in [5.74, 6) is -2.32. The highest BCUT2D eigenvalue weighted by atomic mass is 19.4. The van der Waals surface area contributed by atoms with Gasteiger partial charge in [0.2, 0.25) is 0 Å². The standard InChI is InChI=1S/C22H15F3N2O4/c23-22(24,25)14-7-5-13(6-8-14)10-27-11-17(16-3-1-2-4-18(16)27)20(29)21(30)26-15-9-19(28)31-12-15/h1-9,11H,10,12H2,(H,26,30). The molecule has 0 fully saturated rings. The number of nitrogens with one attached hydrogen (secondary N) is 1. The highest BCUT2D eigenvalue weighted by molar-refractivity contribution is 6.45.